The van der Waals surface area contributed by atoms with Crippen LogP contribution in [0.15, 0.2) is 23.1 Å². The zero-order valence-corrected chi connectivity index (χ0v) is 10.6. The molecular weight excluding hydrogens is 218 g/mol. The molecule has 1 N–H and O–H groups in total. The van der Waals surface area contributed by atoms with Gasteiger partial charge in [-0.05, 0) is 50.3 Å². The normalized spacial score (nSPS) is 16.9. The molecular formula is C13H17NOS. The number of hydrogen-bond donors (Lipinski definition) is 2. The number of hydrogen-bond acceptors (Lipinski definition) is 2. The van der Waals surface area contributed by atoms with Crippen molar-refractivity contribution in [3.63, 3.8) is 0 Å². The Morgan fingerprint density at radius 3 is 2.81 bits per heavy atom. The van der Waals surface area contributed by atoms with Gasteiger partial charge in [0.15, 0.2) is 0 Å². The van der Waals surface area contributed by atoms with E-state index < -0.39 is 0 Å². The molecule has 86 valence electrons. The van der Waals surface area contributed by atoms with E-state index in [1.54, 1.807) is 0 Å². The van der Waals surface area contributed by atoms with E-state index in [1.165, 1.54) is 12.8 Å². The maximum absolute atomic E-state index is 12.0. The van der Waals surface area contributed by atoms with E-state index in [1.807, 2.05) is 25.1 Å². The molecule has 0 bridgehead atoms. The second kappa shape index (κ2) is 4.50. The van der Waals surface area contributed by atoms with Gasteiger partial charge in [0.25, 0.3) is 5.91 Å². The quantitative estimate of drug-likeness (QED) is 0.775. The molecule has 0 aliphatic heterocycles. The highest BCUT2D eigenvalue weighted by Gasteiger charge is 2.29. The molecule has 1 atom stereocenters. The molecule has 1 amide bonds. The van der Waals surface area contributed by atoms with Gasteiger partial charge >= 0.3 is 0 Å². The van der Waals surface area contributed by atoms with Crippen LogP contribution in [0.25, 0.3) is 0 Å². The molecule has 0 saturated heterocycles. The summed E-state index contributed by atoms with van der Waals surface area (Å²) in [6.07, 6.45) is 2.49. The maximum Gasteiger partial charge on any atom is 0.251 e. The molecule has 1 fully saturated rings. The largest absolute Gasteiger partial charge is 0.349 e. The van der Waals surface area contributed by atoms with Crippen LogP contribution in [0, 0.1) is 12.8 Å². The first-order chi connectivity index (χ1) is 7.58. The van der Waals surface area contributed by atoms with E-state index in [9.17, 15) is 4.79 Å². The fourth-order valence-corrected chi connectivity index (χ4v) is 2.06. The van der Waals surface area contributed by atoms with Crippen LogP contribution in [-0.4, -0.2) is 11.9 Å². The molecule has 0 aromatic heterocycles. The van der Waals surface area contributed by atoms with Crippen LogP contribution in [0.2, 0.25) is 0 Å². The Morgan fingerprint density at radius 1 is 1.50 bits per heavy atom. The molecule has 0 spiro atoms. The van der Waals surface area contributed by atoms with Crippen molar-refractivity contribution in [2.24, 2.45) is 5.92 Å². The smallest absolute Gasteiger partial charge is 0.251 e. The van der Waals surface area contributed by atoms with Crippen LogP contribution >= 0.6 is 12.6 Å². The zero-order valence-electron chi connectivity index (χ0n) is 9.66. The predicted octanol–water partition coefficient (Wildman–Crippen LogP) is 2.81. The molecule has 1 saturated carbocycles. The first-order valence-corrected chi connectivity index (χ1v) is 6.13. The Bertz CT molecular complexity index is 412. The number of benzene rings is 1. The second-order valence-electron chi connectivity index (χ2n) is 4.60. The van der Waals surface area contributed by atoms with Crippen LogP contribution in [0.3, 0.4) is 0 Å². The van der Waals surface area contributed by atoms with E-state index in [-0.39, 0.29) is 11.9 Å². The van der Waals surface area contributed by atoms with Gasteiger partial charge in [-0.15, -0.1) is 12.6 Å². The van der Waals surface area contributed by atoms with Crippen LogP contribution < -0.4 is 5.32 Å². The second-order valence-corrected chi connectivity index (χ2v) is 5.12. The minimum atomic E-state index is 0.0211. The van der Waals surface area contributed by atoms with E-state index in [0.29, 0.717) is 5.92 Å². The van der Waals surface area contributed by atoms with Crippen LogP contribution in [0.5, 0.6) is 0 Å². The molecule has 1 aromatic rings. The van der Waals surface area contributed by atoms with Crippen LogP contribution in [0.4, 0.5) is 0 Å². The average Bonchev–Trinajstić information content (AvgIpc) is 3.04. The van der Waals surface area contributed by atoms with Gasteiger partial charge in [-0.1, -0.05) is 6.07 Å². The third-order valence-electron chi connectivity index (χ3n) is 3.15. The Kier molecular flexibility index (Phi) is 3.24. The van der Waals surface area contributed by atoms with Gasteiger partial charge in [-0.25, -0.2) is 0 Å². The molecule has 2 rings (SSSR count). The van der Waals surface area contributed by atoms with Crippen molar-refractivity contribution in [3.05, 3.63) is 29.3 Å². The molecule has 1 aromatic carbocycles. The van der Waals surface area contributed by atoms with Crippen LogP contribution in [-0.2, 0) is 0 Å². The van der Waals surface area contributed by atoms with Crippen molar-refractivity contribution >= 4 is 18.5 Å². The molecule has 0 heterocycles. The Labute approximate surface area is 102 Å². The summed E-state index contributed by atoms with van der Waals surface area (Å²) in [4.78, 5) is 12.8. The van der Waals surface area contributed by atoms with Gasteiger partial charge in [0.1, 0.15) is 0 Å². The van der Waals surface area contributed by atoms with Crippen molar-refractivity contribution in [1.82, 2.24) is 5.32 Å². The van der Waals surface area contributed by atoms with Crippen molar-refractivity contribution in [1.29, 1.82) is 0 Å². The number of nitrogens with one attached hydrogen (secondary N) is 1. The van der Waals surface area contributed by atoms with Gasteiger partial charge in [0.05, 0.1) is 0 Å². The third kappa shape index (κ3) is 2.59. The molecule has 1 unspecified atom stereocenters. The summed E-state index contributed by atoms with van der Waals surface area (Å²) in [7, 11) is 0. The first kappa shape index (κ1) is 11.5. The highest BCUT2D eigenvalue weighted by atomic mass is 32.1. The van der Waals surface area contributed by atoms with Crippen molar-refractivity contribution in [2.75, 3.05) is 0 Å². The maximum atomic E-state index is 12.0. The summed E-state index contributed by atoms with van der Waals surface area (Å²) < 4.78 is 0. The predicted molar refractivity (Wildman–Crippen MR) is 68.1 cm³/mol. The van der Waals surface area contributed by atoms with Crippen LogP contribution in [0.1, 0.15) is 35.7 Å². The van der Waals surface area contributed by atoms with Gasteiger partial charge in [0, 0.05) is 16.5 Å². The summed E-state index contributed by atoms with van der Waals surface area (Å²) in [5, 5.41) is 3.05. The van der Waals surface area contributed by atoms with Gasteiger partial charge < -0.3 is 5.32 Å². The van der Waals surface area contributed by atoms with Gasteiger partial charge in [-0.3, -0.25) is 4.79 Å². The summed E-state index contributed by atoms with van der Waals surface area (Å²) >= 11 is 4.26. The number of carbonyl (C=O) groups excluding carboxylic acids is 1. The van der Waals surface area contributed by atoms with Crippen molar-refractivity contribution in [3.8, 4) is 0 Å². The molecule has 0 radical (unpaired) electrons. The lowest BCUT2D eigenvalue weighted by Crippen LogP contribution is -2.34. The van der Waals surface area contributed by atoms with Gasteiger partial charge in [0.2, 0.25) is 0 Å². The van der Waals surface area contributed by atoms with E-state index in [4.69, 9.17) is 0 Å². The number of aryl methyl sites for hydroxylation is 1. The SMILES string of the molecule is Cc1ccc(S)cc1C(=O)NC(C)C1CC1. The summed E-state index contributed by atoms with van der Waals surface area (Å²) in [6, 6.07) is 5.95. The summed E-state index contributed by atoms with van der Waals surface area (Å²) in [5.41, 5.74) is 1.73. The lowest BCUT2D eigenvalue weighted by Gasteiger charge is -2.14. The Balaban J connectivity index is 2.10. The lowest BCUT2D eigenvalue weighted by atomic mass is 10.1. The van der Waals surface area contributed by atoms with Gasteiger partial charge in [-0.2, -0.15) is 0 Å². The summed E-state index contributed by atoms with van der Waals surface area (Å²) in [5.74, 6) is 0.705. The number of rotatable bonds is 3. The lowest BCUT2D eigenvalue weighted by molar-refractivity contribution is 0.0935. The van der Waals surface area contributed by atoms with Crippen molar-refractivity contribution in [2.45, 2.75) is 37.6 Å². The number of amides is 1. The third-order valence-corrected chi connectivity index (χ3v) is 3.43. The molecule has 1 aliphatic carbocycles. The highest BCUT2D eigenvalue weighted by molar-refractivity contribution is 7.80. The topological polar surface area (TPSA) is 29.1 Å². The van der Waals surface area contributed by atoms with Crippen molar-refractivity contribution < 1.29 is 4.79 Å². The van der Waals surface area contributed by atoms with E-state index in [0.717, 1.165) is 16.0 Å². The molecule has 2 nitrogen and oxygen atoms in total. The molecule has 1 aliphatic rings. The average molecular weight is 235 g/mol. The fourth-order valence-electron chi connectivity index (χ4n) is 1.85. The minimum Gasteiger partial charge on any atom is -0.349 e. The van der Waals surface area contributed by atoms with E-state index >= 15 is 0 Å². The highest BCUT2D eigenvalue weighted by Crippen LogP contribution is 2.32. The number of carbonyl (C=O) groups is 1. The Morgan fingerprint density at radius 2 is 2.19 bits per heavy atom. The van der Waals surface area contributed by atoms with E-state index in [2.05, 4.69) is 24.9 Å². The fraction of sp³-hybridized carbons (Fsp3) is 0.462. The Hall–Kier alpha value is -0.960. The first-order valence-electron chi connectivity index (χ1n) is 5.68. The standard InChI is InChI=1S/C13H17NOS/c1-8-3-6-11(16)7-12(8)13(15)14-9(2)10-4-5-10/h3,6-7,9-10,16H,4-5H2,1-2H3,(H,14,15). The summed E-state index contributed by atoms with van der Waals surface area (Å²) in [6.45, 7) is 4.03. The molecule has 16 heavy (non-hydrogen) atoms. The number of thiol groups is 1. The monoisotopic (exact) mass is 235 g/mol. The molecule has 3 heteroatoms. The zero-order chi connectivity index (χ0) is 11.7. The minimum absolute atomic E-state index is 0.0211.